The van der Waals surface area contributed by atoms with Gasteiger partial charge in [-0.3, -0.25) is 19.8 Å². The number of benzene rings is 1. The van der Waals surface area contributed by atoms with Gasteiger partial charge in [-0.1, -0.05) is 43.3 Å². The van der Waals surface area contributed by atoms with E-state index in [2.05, 4.69) is 17.6 Å². The van der Waals surface area contributed by atoms with E-state index in [1.807, 2.05) is 0 Å². The number of aliphatic hydroxyl groups excluding tert-OH is 1. The summed E-state index contributed by atoms with van der Waals surface area (Å²) in [7, 11) is 0. The minimum atomic E-state index is -1.49. The lowest BCUT2D eigenvalue weighted by molar-refractivity contribution is -0.146. The van der Waals surface area contributed by atoms with Crippen LogP contribution in [0, 0.1) is 0 Å². The van der Waals surface area contributed by atoms with Crippen LogP contribution in [0.1, 0.15) is 18.9 Å². The third kappa shape index (κ3) is 5.87. The lowest BCUT2D eigenvalue weighted by atomic mass is 9.74. The average molecular weight is 407 g/mol. The van der Waals surface area contributed by atoms with Crippen molar-refractivity contribution < 1.29 is 34.1 Å². The van der Waals surface area contributed by atoms with Gasteiger partial charge in [0.1, 0.15) is 0 Å². The van der Waals surface area contributed by atoms with E-state index in [1.165, 1.54) is 6.08 Å². The molecule has 1 fully saturated rings. The first-order chi connectivity index (χ1) is 13.7. The molecule has 1 aromatic carbocycles. The largest absolute Gasteiger partial charge is 0.465 e. The Bertz CT molecular complexity index is 749. The number of hydrogen-bond acceptors (Lipinski definition) is 6. The molecule has 10 nitrogen and oxygen atoms in total. The summed E-state index contributed by atoms with van der Waals surface area (Å²) >= 11 is 0. The Morgan fingerprint density at radius 1 is 1.34 bits per heavy atom. The lowest BCUT2D eigenvalue weighted by Crippen LogP contribution is -2.66. The fraction of sp³-hybridized carbons (Fsp3) is 0.368. The molecule has 29 heavy (non-hydrogen) atoms. The van der Waals surface area contributed by atoms with Crippen molar-refractivity contribution >= 4 is 23.9 Å². The van der Waals surface area contributed by atoms with Crippen LogP contribution in [0.4, 0.5) is 9.59 Å². The number of amides is 5. The van der Waals surface area contributed by atoms with Gasteiger partial charge in [0, 0.05) is 0 Å². The summed E-state index contributed by atoms with van der Waals surface area (Å²) in [4.78, 5) is 47.3. The number of ether oxygens (including phenoxy) is 1. The maximum atomic E-state index is 13.0. The second-order valence-electron chi connectivity index (χ2n) is 6.12. The zero-order chi connectivity index (χ0) is 22.0. The molecule has 158 valence electrons. The number of rotatable bonds is 8. The molecule has 1 aliphatic heterocycles. The Labute approximate surface area is 167 Å². The Hall–Kier alpha value is -3.24. The number of carboxylic acid groups (broad SMARTS) is 1. The first kappa shape index (κ1) is 23.8. The van der Waals surface area contributed by atoms with E-state index in [1.54, 1.807) is 37.3 Å². The van der Waals surface area contributed by atoms with E-state index >= 15 is 0 Å². The van der Waals surface area contributed by atoms with Gasteiger partial charge in [0.15, 0.2) is 5.41 Å². The zero-order valence-electron chi connectivity index (χ0n) is 16.0. The maximum absolute atomic E-state index is 13.0. The molecule has 1 aliphatic rings. The SMILES string of the molecule is C=CCOCC(O)CN1C(=O)NC(=O)C(CC)(c2ccccc2)C1=O.NC(=O)O. The predicted molar refractivity (Wildman–Crippen MR) is 103 cm³/mol. The molecule has 0 radical (unpaired) electrons. The molecular formula is C19H25N3O7. The van der Waals surface area contributed by atoms with Crippen LogP contribution in [-0.2, 0) is 19.7 Å². The number of urea groups is 1. The van der Waals surface area contributed by atoms with Crippen molar-refractivity contribution in [1.29, 1.82) is 0 Å². The van der Waals surface area contributed by atoms with Gasteiger partial charge in [0.05, 0.1) is 25.9 Å². The standard InChI is InChI=1S/C18H22N2O5.CH3NO2/c1-3-10-25-12-14(21)11-20-16(23)18(4-2,15(22)19-17(20)24)13-8-6-5-7-9-13;2-1(3)4/h3,5-9,14,21H,1,4,10-12H2,2H3,(H,19,22,24);2H2,(H,3,4). The van der Waals surface area contributed by atoms with Gasteiger partial charge in [0.25, 0.3) is 5.91 Å². The van der Waals surface area contributed by atoms with E-state index in [9.17, 15) is 19.5 Å². The number of carbonyl (C=O) groups is 4. The number of hydrogen-bond donors (Lipinski definition) is 4. The molecule has 0 aliphatic carbocycles. The maximum Gasteiger partial charge on any atom is 0.402 e. The first-order valence-corrected chi connectivity index (χ1v) is 8.78. The van der Waals surface area contributed by atoms with Crippen LogP contribution in [0.5, 0.6) is 0 Å². The van der Waals surface area contributed by atoms with E-state index in [4.69, 9.17) is 14.6 Å². The number of nitrogens with one attached hydrogen (secondary N) is 1. The quantitative estimate of drug-likeness (QED) is 0.279. The molecule has 1 saturated heterocycles. The number of β-amino-alcohol motifs (C(OH)–C–C–N with tert-alkyl or cyclic N) is 1. The Kier molecular flexibility index (Phi) is 8.97. The summed E-state index contributed by atoms with van der Waals surface area (Å²) in [6, 6.07) is 7.76. The van der Waals surface area contributed by atoms with Crippen molar-refractivity contribution in [3.8, 4) is 0 Å². The number of aliphatic hydroxyl groups is 1. The summed E-state index contributed by atoms with van der Waals surface area (Å²) in [5.74, 6) is -1.29. The van der Waals surface area contributed by atoms with Crippen molar-refractivity contribution in [3.05, 3.63) is 48.6 Å². The molecule has 5 amide bonds. The van der Waals surface area contributed by atoms with Crippen LogP contribution >= 0.6 is 0 Å². The van der Waals surface area contributed by atoms with Crippen molar-refractivity contribution in [1.82, 2.24) is 10.2 Å². The smallest absolute Gasteiger partial charge is 0.402 e. The van der Waals surface area contributed by atoms with Crippen LogP contribution in [0.3, 0.4) is 0 Å². The van der Waals surface area contributed by atoms with Gasteiger partial charge in [0.2, 0.25) is 5.91 Å². The molecule has 2 rings (SSSR count). The fourth-order valence-electron chi connectivity index (χ4n) is 2.90. The number of nitrogens with two attached hydrogens (primary N) is 1. The van der Waals surface area contributed by atoms with Crippen molar-refractivity contribution in [3.63, 3.8) is 0 Å². The van der Waals surface area contributed by atoms with E-state index in [-0.39, 0.29) is 26.2 Å². The summed E-state index contributed by atoms with van der Waals surface area (Å²) in [5.41, 5.74) is 3.05. The Morgan fingerprint density at radius 2 is 1.93 bits per heavy atom. The molecule has 0 spiro atoms. The molecule has 1 heterocycles. The lowest BCUT2D eigenvalue weighted by Gasteiger charge is -2.39. The van der Waals surface area contributed by atoms with Crippen LogP contribution in [-0.4, -0.2) is 64.9 Å². The van der Waals surface area contributed by atoms with Gasteiger partial charge in [-0.2, -0.15) is 0 Å². The number of primary amides is 1. The molecule has 2 unspecified atom stereocenters. The molecule has 0 aromatic heterocycles. The third-order valence-electron chi connectivity index (χ3n) is 4.20. The second kappa shape index (κ2) is 10.9. The van der Waals surface area contributed by atoms with Gasteiger partial charge in [-0.05, 0) is 12.0 Å². The van der Waals surface area contributed by atoms with Crippen molar-refractivity contribution in [2.45, 2.75) is 24.9 Å². The molecule has 2 atom stereocenters. The molecule has 0 bridgehead atoms. The molecule has 10 heteroatoms. The number of imide groups is 2. The normalized spacial score (nSPS) is 19.7. The minimum absolute atomic E-state index is 0.0541. The number of barbiturate groups is 1. The molecular weight excluding hydrogens is 382 g/mol. The summed E-state index contributed by atoms with van der Waals surface area (Å²) < 4.78 is 5.14. The third-order valence-corrected chi connectivity index (χ3v) is 4.20. The average Bonchev–Trinajstić information content (AvgIpc) is 2.66. The predicted octanol–water partition coefficient (Wildman–Crippen LogP) is 0.599. The van der Waals surface area contributed by atoms with Gasteiger partial charge >= 0.3 is 12.1 Å². The van der Waals surface area contributed by atoms with Gasteiger partial charge in [-0.25, -0.2) is 9.59 Å². The van der Waals surface area contributed by atoms with Crippen molar-refractivity contribution in [2.24, 2.45) is 5.73 Å². The Morgan fingerprint density at radius 3 is 2.45 bits per heavy atom. The summed E-state index contributed by atoms with van der Waals surface area (Å²) in [6.45, 7) is 5.14. The monoisotopic (exact) mass is 407 g/mol. The molecule has 5 N–H and O–H groups in total. The fourth-order valence-corrected chi connectivity index (χ4v) is 2.90. The van der Waals surface area contributed by atoms with E-state index in [0.717, 1.165) is 4.90 Å². The number of carbonyl (C=O) groups excluding carboxylic acids is 3. The van der Waals surface area contributed by atoms with E-state index < -0.39 is 35.5 Å². The van der Waals surface area contributed by atoms with Gasteiger partial charge in [-0.15, -0.1) is 6.58 Å². The second-order valence-corrected chi connectivity index (χ2v) is 6.12. The van der Waals surface area contributed by atoms with Crippen LogP contribution in [0.25, 0.3) is 0 Å². The van der Waals surface area contributed by atoms with Crippen molar-refractivity contribution in [2.75, 3.05) is 19.8 Å². The van der Waals surface area contributed by atoms with Crippen LogP contribution < -0.4 is 11.1 Å². The molecule has 0 saturated carbocycles. The summed E-state index contributed by atoms with van der Waals surface area (Å²) in [6.07, 6.45) is -0.677. The highest BCUT2D eigenvalue weighted by Crippen LogP contribution is 2.33. The van der Waals surface area contributed by atoms with Crippen LogP contribution in [0.15, 0.2) is 43.0 Å². The Balaban J connectivity index is 0.000000960. The minimum Gasteiger partial charge on any atom is -0.465 e. The highest BCUT2D eigenvalue weighted by molar-refractivity contribution is 6.22. The van der Waals surface area contributed by atoms with E-state index in [0.29, 0.717) is 5.56 Å². The topological polar surface area (TPSA) is 159 Å². The summed E-state index contributed by atoms with van der Waals surface area (Å²) in [5, 5.41) is 19.5. The highest BCUT2D eigenvalue weighted by Gasteiger charge is 2.54. The van der Waals surface area contributed by atoms with Gasteiger partial charge < -0.3 is 20.7 Å². The van der Waals surface area contributed by atoms with Crippen LogP contribution in [0.2, 0.25) is 0 Å². The first-order valence-electron chi connectivity index (χ1n) is 8.78. The number of nitrogens with zero attached hydrogens (tertiary/aromatic N) is 1. The highest BCUT2D eigenvalue weighted by atomic mass is 16.5. The zero-order valence-corrected chi connectivity index (χ0v) is 16.0. The molecule has 1 aromatic rings.